The van der Waals surface area contributed by atoms with Gasteiger partial charge in [0.1, 0.15) is 5.82 Å². The lowest BCUT2D eigenvalue weighted by Crippen LogP contribution is -2.35. The van der Waals surface area contributed by atoms with Crippen LogP contribution in [-0.2, 0) is 4.79 Å². The van der Waals surface area contributed by atoms with Gasteiger partial charge in [0.15, 0.2) is 0 Å². The Balaban J connectivity index is 2.70. The van der Waals surface area contributed by atoms with Crippen LogP contribution in [-0.4, -0.2) is 24.0 Å². The fourth-order valence-electron chi connectivity index (χ4n) is 0.834. The van der Waals surface area contributed by atoms with Gasteiger partial charge in [-0.05, 0) is 42.0 Å². The maximum absolute atomic E-state index is 11.5. The van der Waals surface area contributed by atoms with Gasteiger partial charge in [0, 0.05) is 6.20 Å². The summed E-state index contributed by atoms with van der Waals surface area (Å²) in [6, 6.07) is 3.39. The second-order valence-electron chi connectivity index (χ2n) is 2.83. The lowest BCUT2D eigenvalue weighted by molar-refractivity contribution is -0.117. The summed E-state index contributed by atoms with van der Waals surface area (Å²) in [5.41, 5.74) is 0. The van der Waals surface area contributed by atoms with E-state index in [1.54, 1.807) is 26.2 Å². The molecule has 1 aromatic rings. The number of nitrogens with zero attached hydrogens (tertiary/aromatic N) is 1. The van der Waals surface area contributed by atoms with Gasteiger partial charge in [-0.3, -0.25) is 4.79 Å². The van der Waals surface area contributed by atoms with Crippen molar-refractivity contribution in [3.8, 4) is 0 Å². The summed E-state index contributed by atoms with van der Waals surface area (Å²) in [5.74, 6) is 0.437. The van der Waals surface area contributed by atoms with Crippen LogP contribution in [0.5, 0.6) is 0 Å². The number of hydrogen-bond acceptors (Lipinski definition) is 3. The van der Waals surface area contributed by atoms with E-state index in [2.05, 4.69) is 31.5 Å². The molecule has 0 saturated carbocycles. The van der Waals surface area contributed by atoms with Crippen molar-refractivity contribution in [2.45, 2.75) is 13.0 Å². The van der Waals surface area contributed by atoms with E-state index in [0.29, 0.717) is 5.82 Å². The second kappa shape index (κ2) is 5.07. The van der Waals surface area contributed by atoms with Crippen molar-refractivity contribution in [1.29, 1.82) is 0 Å². The zero-order chi connectivity index (χ0) is 10.6. The van der Waals surface area contributed by atoms with E-state index in [4.69, 9.17) is 0 Å². The highest BCUT2D eigenvalue weighted by Crippen LogP contribution is 2.18. The Morgan fingerprint density at radius 2 is 2.36 bits per heavy atom. The van der Waals surface area contributed by atoms with Crippen LogP contribution in [0.15, 0.2) is 22.8 Å². The first-order chi connectivity index (χ1) is 6.65. The van der Waals surface area contributed by atoms with Crippen LogP contribution in [0, 0.1) is 0 Å². The van der Waals surface area contributed by atoms with Crippen molar-refractivity contribution < 1.29 is 4.79 Å². The Labute approximate surface area is 91.2 Å². The molecule has 0 spiro atoms. The minimum Gasteiger partial charge on any atom is -0.309 e. The molecule has 1 atom stereocenters. The largest absolute Gasteiger partial charge is 0.309 e. The van der Waals surface area contributed by atoms with Gasteiger partial charge in [0.2, 0.25) is 5.91 Å². The minimum atomic E-state index is -0.232. The van der Waals surface area contributed by atoms with Crippen LogP contribution >= 0.6 is 15.9 Å². The Hall–Kier alpha value is -0.940. The van der Waals surface area contributed by atoms with E-state index in [1.807, 2.05) is 6.07 Å². The molecule has 1 amide bonds. The third-order valence-electron chi connectivity index (χ3n) is 1.83. The van der Waals surface area contributed by atoms with Gasteiger partial charge in [-0.25, -0.2) is 4.98 Å². The standard InChI is InChI=1S/C9H12BrN3O/c1-6(11-2)9(14)13-8-7(10)4-3-5-12-8/h3-6,11H,1-2H3,(H,12,13,14). The molecule has 76 valence electrons. The van der Waals surface area contributed by atoms with Crippen molar-refractivity contribution in [1.82, 2.24) is 10.3 Å². The van der Waals surface area contributed by atoms with Crippen molar-refractivity contribution in [2.24, 2.45) is 0 Å². The Morgan fingerprint density at radius 3 is 2.93 bits per heavy atom. The van der Waals surface area contributed by atoms with Crippen molar-refractivity contribution >= 4 is 27.7 Å². The summed E-state index contributed by atoms with van der Waals surface area (Å²) < 4.78 is 0.775. The number of hydrogen-bond donors (Lipinski definition) is 2. The zero-order valence-electron chi connectivity index (χ0n) is 8.04. The Morgan fingerprint density at radius 1 is 1.64 bits per heavy atom. The van der Waals surface area contributed by atoms with E-state index in [1.165, 1.54) is 0 Å². The summed E-state index contributed by atoms with van der Waals surface area (Å²) in [7, 11) is 1.73. The molecule has 0 saturated heterocycles. The normalized spacial score (nSPS) is 12.2. The highest BCUT2D eigenvalue weighted by Gasteiger charge is 2.11. The first-order valence-electron chi connectivity index (χ1n) is 4.23. The molecule has 0 aliphatic heterocycles. The molecular weight excluding hydrogens is 246 g/mol. The molecule has 14 heavy (non-hydrogen) atoms. The van der Waals surface area contributed by atoms with Gasteiger partial charge in [-0.1, -0.05) is 0 Å². The molecule has 1 aromatic heterocycles. The van der Waals surface area contributed by atoms with Gasteiger partial charge >= 0.3 is 0 Å². The van der Waals surface area contributed by atoms with Gasteiger partial charge in [0.25, 0.3) is 0 Å². The van der Waals surface area contributed by atoms with Gasteiger partial charge < -0.3 is 10.6 Å². The van der Waals surface area contributed by atoms with E-state index >= 15 is 0 Å². The van der Waals surface area contributed by atoms with Gasteiger partial charge in [-0.2, -0.15) is 0 Å². The summed E-state index contributed by atoms with van der Waals surface area (Å²) in [4.78, 5) is 15.5. The van der Waals surface area contributed by atoms with Crippen molar-refractivity contribution in [2.75, 3.05) is 12.4 Å². The maximum Gasteiger partial charge on any atom is 0.242 e. The highest BCUT2D eigenvalue weighted by molar-refractivity contribution is 9.10. The van der Waals surface area contributed by atoms with Crippen LogP contribution in [0.2, 0.25) is 0 Å². The van der Waals surface area contributed by atoms with E-state index < -0.39 is 0 Å². The molecule has 0 bridgehead atoms. The third-order valence-corrected chi connectivity index (χ3v) is 2.47. The first-order valence-corrected chi connectivity index (χ1v) is 5.03. The van der Waals surface area contributed by atoms with E-state index in [-0.39, 0.29) is 11.9 Å². The quantitative estimate of drug-likeness (QED) is 0.861. The number of nitrogens with one attached hydrogen (secondary N) is 2. The topological polar surface area (TPSA) is 54.0 Å². The van der Waals surface area contributed by atoms with Gasteiger partial charge in [0.05, 0.1) is 10.5 Å². The summed E-state index contributed by atoms with van der Waals surface area (Å²) in [6.45, 7) is 1.78. The minimum absolute atomic E-state index is 0.105. The molecule has 1 heterocycles. The lowest BCUT2D eigenvalue weighted by Gasteiger charge is -2.10. The number of carbonyl (C=O) groups excluding carboxylic acids is 1. The number of pyridine rings is 1. The summed E-state index contributed by atoms with van der Waals surface area (Å²) >= 11 is 3.30. The predicted octanol–water partition coefficient (Wildman–Crippen LogP) is 1.39. The Bertz CT molecular complexity index is 330. The molecule has 0 fully saturated rings. The molecule has 2 N–H and O–H groups in total. The molecule has 5 heteroatoms. The average molecular weight is 258 g/mol. The average Bonchev–Trinajstić information content (AvgIpc) is 2.20. The SMILES string of the molecule is CNC(C)C(=O)Nc1ncccc1Br. The number of carbonyl (C=O) groups is 1. The summed E-state index contributed by atoms with van der Waals surface area (Å²) in [5, 5.41) is 5.55. The maximum atomic E-state index is 11.5. The fraction of sp³-hybridized carbons (Fsp3) is 0.333. The van der Waals surface area contributed by atoms with Crippen LogP contribution in [0.4, 0.5) is 5.82 Å². The molecule has 0 radical (unpaired) electrons. The number of likely N-dealkylation sites (N-methyl/N-ethyl adjacent to an activating group) is 1. The number of halogens is 1. The molecule has 0 aromatic carbocycles. The van der Waals surface area contributed by atoms with Crippen LogP contribution in [0.1, 0.15) is 6.92 Å². The molecular formula is C9H12BrN3O. The van der Waals surface area contributed by atoms with Crippen molar-refractivity contribution in [3.05, 3.63) is 22.8 Å². The van der Waals surface area contributed by atoms with Crippen molar-refractivity contribution in [3.63, 3.8) is 0 Å². The second-order valence-corrected chi connectivity index (χ2v) is 3.69. The van der Waals surface area contributed by atoms with E-state index in [9.17, 15) is 4.79 Å². The number of aromatic nitrogens is 1. The monoisotopic (exact) mass is 257 g/mol. The van der Waals surface area contributed by atoms with E-state index in [0.717, 1.165) is 4.47 Å². The summed E-state index contributed by atoms with van der Waals surface area (Å²) in [6.07, 6.45) is 1.63. The van der Waals surface area contributed by atoms with Crippen LogP contribution in [0.3, 0.4) is 0 Å². The van der Waals surface area contributed by atoms with Crippen LogP contribution in [0.25, 0.3) is 0 Å². The molecule has 0 aliphatic rings. The number of amides is 1. The third kappa shape index (κ3) is 2.78. The number of anilines is 1. The fourth-order valence-corrected chi connectivity index (χ4v) is 1.19. The lowest BCUT2D eigenvalue weighted by atomic mass is 10.3. The Kier molecular flexibility index (Phi) is 4.03. The highest BCUT2D eigenvalue weighted by atomic mass is 79.9. The molecule has 4 nitrogen and oxygen atoms in total. The van der Waals surface area contributed by atoms with Crippen LogP contribution < -0.4 is 10.6 Å². The molecule has 1 rings (SSSR count). The predicted molar refractivity (Wildman–Crippen MR) is 59.1 cm³/mol. The zero-order valence-corrected chi connectivity index (χ0v) is 9.63. The smallest absolute Gasteiger partial charge is 0.242 e. The molecule has 1 unspecified atom stereocenters. The number of rotatable bonds is 3. The first kappa shape index (κ1) is 11.1. The molecule has 0 aliphatic carbocycles. The van der Waals surface area contributed by atoms with Gasteiger partial charge in [-0.15, -0.1) is 0 Å².